The predicted molar refractivity (Wildman–Crippen MR) is 28.2 cm³/mol. The van der Waals surface area contributed by atoms with E-state index in [2.05, 4.69) is 4.74 Å². The van der Waals surface area contributed by atoms with Crippen molar-refractivity contribution in [2.75, 3.05) is 13.2 Å². The Morgan fingerprint density at radius 3 is 2.88 bits per heavy atom. The van der Waals surface area contributed by atoms with Gasteiger partial charge >= 0.3 is 0 Å². The normalized spacial score (nSPS) is 9.62. The number of carbonyl (C=O) groups excluding carboxylic acids is 1. The van der Waals surface area contributed by atoms with E-state index in [1.807, 2.05) is 0 Å². The van der Waals surface area contributed by atoms with E-state index < -0.39 is 0 Å². The molecule has 0 saturated carbocycles. The molecule has 0 aromatic carbocycles. The topological polar surface area (TPSA) is 46.5 Å². The van der Waals surface area contributed by atoms with Crippen molar-refractivity contribution in [1.29, 1.82) is 0 Å². The van der Waals surface area contributed by atoms with Crippen molar-refractivity contribution in [2.45, 2.75) is 0 Å². The first-order valence-electron chi connectivity index (χ1n) is 2.24. The zero-order chi connectivity index (χ0) is 6.24. The molecular formula is C5H8O3. The quantitative estimate of drug-likeness (QED) is 0.237. The number of aldehydes is 1. The van der Waals surface area contributed by atoms with Gasteiger partial charge in [0.2, 0.25) is 0 Å². The van der Waals surface area contributed by atoms with Crippen LogP contribution in [0.3, 0.4) is 0 Å². The van der Waals surface area contributed by atoms with Crippen LogP contribution in [-0.4, -0.2) is 24.6 Å². The van der Waals surface area contributed by atoms with Crippen molar-refractivity contribution < 1.29 is 14.6 Å². The molecule has 0 fully saturated rings. The predicted octanol–water partition coefficient (Wildman–Crippen LogP) is -0.292. The smallest absolute Gasteiger partial charge is 0.145 e. The second-order valence-corrected chi connectivity index (χ2v) is 1.06. The maximum absolute atomic E-state index is 9.54. The summed E-state index contributed by atoms with van der Waals surface area (Å²) in [7, 11) is 0. The van der Waals surface area contributed by atoms with Gasteiger partial charge in [-0.2, -0.15) is 0 Å². The molecule has 0 bridgehead atoms. The lowest BCUT2D eigenvalue weighted by atomic mass is 10.7. The third-order valence-electron chi connectivity index (χ3n) is 0.462. The Morgan fingerprint density at radius 1 is 1.62 bits per heavy atom. The second kappa shape index (κ2) is 6.17. The third-order valence-corrected chi connectivity index (χ3v) is 0.462. The maximum Gasteiger partial charge on any atom is 0.145 e. The van der Waals surface area contributed by atoms with E-state index in [4.69, 9.17) is 5.11 Å². The highest BCUT2D eigenvalue weighted by atomic mass is 16.5. The van der Waals surface area contributed by atoms with Gasteiger partial charge in [-0.3, -0.25) is 4.79 Å². The van der Waals surface area contributed by atoms with E-state index in [-0.39, 0.29) is 13.2 Å². The summed E-state index contributed by atoms with van der Waals surface area (Å²) in [6, 6.07) is 0. The zero-order valence-corrected chi connectivity index (χ0v) is 4.41. The molecule has 0 saturated heterocycles. The zero-order valence-electron chi connectivity index (χ0n) is 4.41. The Bertz CT molecular complexity index is 77.7. The van der Waals surface area contributed by atoms with Gasteiger partial charge in [-0.15, -0.1) is 0 Å². The molecule has 0 atom stereocenters. The standard InChI is InChI=1S/C5H8O3/c6-2-1-4-8-5-3-7/h1-2,4,7H,3,5H2. The lowest BCUT2D eigenvalue weighted by Gasteiger charge is -1.91. The molecule has 0 aromatic rings. The van der Waals surface area contributed by atoms with E-state index >= 15 is 0 Å². The molecule has 0 heterocycles. The van der Waals surface area contributed by atoms with Crippen LogP contribution in [0.1, 0.15) is 0 Å². The average Bonchev–Trinajstić information content (AvgIpc) is 1.81. The largest absolute Gasteiger partial charge is 0.499 e. The highest BCUT2D eigenvalue weighted by molar-refractivity contribution is 5.64. The fraction of sp³-hybridized carbons (Fsp3) is 0.400. The van der Waals surface area contributed by atoms with Crippen LogP contribution >= 0.6 is 0 Å². The molecule has 1 N–H and O–H groups in total. The molecular weight excluding hydrogens is 108 g/mol. The number of aliphatic hydroxyl groups is 1. The molecule has 0 unspecified atom stereocenters. The SMILES string of the molecule is O=CC=COCCO. The van der Waals surface area contributed by atoms with Gasteiger partial charge in [0.05, 0.1) is 12.9 Å². The lowest BCUT2D eigenvalue weighted by molar-refractivity contribution is -0.104. The van der Waals surface area contributed by atoms with Crippen molar-refractivity contribution >= 4 is 6.29 Å². The van der Waals surface area contributed by atoms with Crippen LogP contribution in [0.15, 0.2) is 12.3 Å². The van der Waals surface area contributed by atoms with Crippen LogP contribution < -0.4 is 0 Å². The van der Waals surface area contributed by atoms with E-state index in [1.165, 1.54) is 12.3 Å². The Morgan fingerprint density at radius 2 is 2.38 bits per heavy atom. The van der Waals surface area contributed by atoms with Crippen LogP contribution in [0.25, 0.3) is 0 Å². The highest BCUT2D eigenvalue weighted by Gasteiger charge is 1.73. The van der Waals surface area contributed by atoms with Gasteiger partial charge < -0.3 is 9.84 Å². The van der Waals surface area contributed by atoms with E-state index in [0.717, 1.165) is 0 Å². The molecule has 3 nitrogen and oxygen atoms in total. The van der Waals surface area contributed by atoms with E-state index in [1.54, 1.807) is 0 Å². The van der Waals surface area contributed by atoms with Crippen molar-refractivity contribution in [3.63, 3.8) is 0 Å². The molecule has 0 spiro atoms. The fourth-order valence-electron chi connectivity index (χ4n) is 0.208. The first kappa shape index (κ1) is 7.17. The van der Waals surface area contributed by atoms with Gasteiger partial charge in [0.1, 0.15) is 12.9 Å². The number of hydrogen-bond acceptors (Lipinski definition) is 3. The van der Waals surface area contributed by atoms with Gasteiger partial charge in [0.25, 0.3) is 0 Å². The summed E-state index contributed by atoms with van der Waals surface area (Å²) >= 11 is 0. The summed E-state index contributed by atoms with van der Waals surface area (Å²) in [4.78, 5) is 9.54. The van der Waals surface area contributed by atoms with Gasteiger partial charge in [-0.25, -0.2) is 0 Å². The van der Waals surface area contributed by atoms with E-state index in [9.17, 15) is 4.79 Å². The minimum absolute atomic E-state index is 0.0246. The number of carbonyl (C=O) groups is 1. The third kappa shape index (κ3) is 5.17. The monoisotopic (exact) mass is 116 g/mol. The summed E-state index contributed by atoms with van der Waals surface area (Å²) in [5.74, 6) is 0. The number of ether oxygens (including phenoxy) is 1. The minimum Gasteiger partial charge on any atom is -0.499 e. The van der Waals surface area contributed by atoms with Crippen LogP contribution in [0.5, 0.6) is 0 Å². The Hall–Kier alpha value is -0.830. The number of hydrogen-bond donors (Lipinski definition) is 1. The maximum atomic E-state index is 9.54. The number of aliphatic hydroxyl groups excluding tert-OH is 1. The Labute approximate surface area is 47.6 Å². The van der Waals surface area contributed by atoms with Crippen LogP contribution in [0, 0.1) is 0 Å². The molecule has 46 valence electrons. The Balaban J connectivity index is 2.91. The summed E-state index contributed by atoms with van der Waals surface area (Å²) in [5.41, 5.74) is 0. The summed E-state index contributed by atoms with van der Waals surface area (Å²) in [6.45, 7) is 0.216. The summed E-state index contributed by atoms with van der Waals surface area (Å²) in [5, 5.41) is 8.12. The van der Waals surface area contributed by atoms with Gasteiger partial charge in [0.15, 0.2) is 0 Å². The molecule has 0 aromatic heterocycles. The van der Waals surface area contributed by atoms with Crippen molar-refractivity contribution in [2.24, 2.45) is 0 Å². The van der Waals surface area contributed by atoms with Gasteiger partial charge in [-0.05, 0) is 0 Å². The molecule has 0 aliphatic heterocycles. The Kier molecular flexibility index (Phi) is 5.53. The van der Waals surface area contributed by atoms with Crippen molar-refractivity contribution in [3.8, 4) is 0 Å². The molecule has 0 rings (SSSR count). The number of rotatable bonds is 4. The molecule has 0 radical (unpaired) electrons. The summed E-state index contributed by atoms with van der Waals surface area (Å²) < 4.78 is 4.56. The first-order chi connectivity index (χ1) is 3.91. The average molecular weight is 116 g/mol. The van der Waals surface area contributed by atoms with E-state index in [0.29, 0.717) is 6.29 Å². The molecule has 0 aliphatic carbocycles. The summed E-state index contributed by atoms with van der Waals surface area (Å²) in [6.07, 6.45) is 3.07. The fourth-order valence-corrected chi connectivity index (χ4v) is 0.208. The molecule has 3 heteroatoms. The number of allylic oxidation sites excluding steroid dienone is 1. The van der Waals surface area contributed by atoms with Crippen molar-refractivity contribution in [3.05, 3.63) is 12.3 Å². The van der Waals surface area contributed by atoms with Crippen molar-refractivity contribution in [1.82, 2.24) is 0 Å². The molecule has 0 aliphatic rings. The van der Waals surface area contributed by atoms with Crippen LogP contribution in [0.2, 0.25) is 0 Å². The lowest BCUT2D eigenvalue weighted by Crippen LogP contribution is -1.91. The van der Waals surface area contributed by atoms with Gasteiger partial charge in [0, 0.05) is 6.08 Å². The first-order valence-corrected chi connectivity index (χ1v) is 2.24. The minimum atomic E-state index is -0.0246. The molecule has 8 heavy (non-hydrogen) atoms. The van der Waals surface area contributed by atoms with Gasteiger partial charge in [-0.1, -0.05) is 0 Å². The molecule has 0 amide bonds. The van der Waals surface area contributed by atoms with Crippen LogP contribution in [0.4, 0.5) is 0 Å². The second-order valence-electron chi connectivity index (χ2n) is 1.06. The highest BCUT2D eigenvalue weighted by Crippen LogP contribution is 1.72. The van der Waals surface area contributed by atoms with Crippen LogP contribution in [-0.2, 0) is 9.53 Å².